The molecule has 0 aliphatic carbocycles. The highest BCUT2D eigenvalue weighted by Gasteiger charge is 2.60. The second kappa shape index (κ2) is 8.43. The van der Waals surface area contributed by atoms with Gasteiger partial charge in [0.05, 0.1) is 6.07 Å². The van der Waals surface area contributed by atoms with Gasteiger partial charge in [-0.2, -0.15) is 5.26 Å². The fourth-order valence-corrected chi connectivity index (χ4v) is 5.08. The Hall–Kier alpha value is -2.13. The van der Waals surface area contributed by atoms with Crippen LogP contribution in [0, 0.1) is 29.5 Å². The quantitative estimate of drug-likeness (QED) is 0.597. The standard InChI is InChI=1S/C24H25Cl2FN2O2/c1-13-15(6-5-7-17(13)26)20-21(22(30)31)29-19(11-23(2,3)4)24(20,12-28)16-9-8-14(25)10-18(16)27/h5-10,19-21,29H,11H2,1-4H3,(H,30,31)/t19-,20-,21+,24-/m0/s1. The van der Waals surface area contributed by atoms with E-state index in [9.17, 15) is 15.2 Å². The van der Waals surface area contributed by atoms with Crippen molar-refractivity contribution < 1.29 is 14.3 Å². The zero-order chi connectivity index (χ0) is 23.1. The summed E-state index contributed by atoms with van der Waals surface area (Å²) in [5.41, 5.74) is -0.314. The van der Waals surface area contributed by atoms with Crippen molar-refractivity contribution in [1.29, 1.82) is 5.26 Å². The van der Waals surface area contributed by atoms with Gasteiger partial charge < -0.3 is 5.11 Å². The number of carboxylic acids is 1. The Bertz CT molecular complexity index is 1060. The number of halogens is 3. The summed E-state index contributed by atoms with van der Waals surface area (Å²) in [7, 11) is 0. The molecule has 0 radical (unpaired) electrons. The van der Waals surface area contributed by atoms with E-state index in [1.165, 1.54) is 18.2 Å². The molecule has 4 atom stereocenters. The zero-order valence-electron chi connectivity index (χ0n) is 17.8. The van der Waals surface area contributed by atoms with E-state index in [2.05, 4.69) is 11.4 Å². The van der Waals surface area contributed by atoms with Crippen LogP contribution in [0.15, 0.2) is 36.4 Å². The van der Waals surface area contributed by atoms with Crippen molar-refractivity contribution in [2.45, 2.75) is 57.5 Å². The zero-order valence-corrected chi connectivity index (χ0v) is 19.4. The molecule has 0 amide bonds. The van der Waals surface area contributed by atoms with Crippen LogP contribution in [-0.4, -0.2) is 23.2 Å². The largest absolute Gasteiger partial charge is 0.480 e. The fraction of sp³-hybridized carbons (Fsp3) is 0.417. The van der Waals surface area contributed by atoms with Gasteiger partial charge in [-0.3, -0.25) is 10.1 Å². The van der Waals surface area contributed by atoms with Gasteiger partial charge in [0.1, 0.15) is 17.3 Å². The number of hydrogen-bond acceptors (Lipinski definition) is 3. The summed E-state index contributed by atoms with van der Waals surface area (Å²) in [6, 6.07) is 10.0. The molecule has 7 heteroatoms. The van der Waals surface area contributed by atoms with E-state index in [1.54, 1.807) is 25.1 Å². The molecule has 3 rings (SSSR count). The predicted octanol–water partition coefficient (Wildman–Crippen LogP) is 5.85. The van der Waals surface area contributed by atoms with Crippen molar-refractivity contribution in [3.8, 4) is 6.07 Å². The first kappa shape index (κ1) is 23.5. The van der Waals surface area contributed by atoms with Crippen LogP contribution < -0.4 is 5.32 Å². The van der Waals surface area contributed by atoms with Gasteiger partial charge in [0.25, 0.3) is 0 Å². The Morgan fingerprint density at radius 1 is 1.29 bits per heavy atom. The SMILES string of the molecule is Cc1c(Cl)cccc1[C@H]1[C@H](C(=O)O)N[C@@H](CC(C)(C)C)[C@]1(C#N)c1ccc(Cl)cc1F. The molecular formula is C24H25Cl2FN2O2. The van der Waals surface area contributed by atoms with Crippen molar-refractivity contribution in [3.63, 3.8) is 0 Å². The molecule has 1 aliphatic rings. The Kier molecular flexibility index (Phi) is 6.40. The summed E-state index contributed by atoms with van der Waals surface area (Å²) in [4.78, 5) is 12.3. The number of aliphatic carboxylic acids is 1. The van der Waals surface area contributed by atoms with Crippen molar-refractivity contribution in [1.82, 2.24) is 5.32 Å². The van der Waals surface area contributed by atoms with Crippen LogP contribution in [0.4, 0.5) is 4.39 Å². The van der Waals surface area contributed by atoms with Crippen LogP contribution in [0.25, 0.3) is 0 Å². The van der Waals surface area contributed by atoms with E-state index in [1.807, 2.05) is 20.8 Å². The molecule has 1 aliphatic heterocycles. The maximum Gasteiger partial charge on any atom is 0.321 e. The third kappa shape index (κ3) is 4.17. The number of carboxylic acid groups (broad SMARTS) is 1. The molecule has 0 spiro atoms. The lowest BCUT2D eigenvalue weighted by molar-refractivity contribution is -0.139. The minimum absolute atomic E-state index is 0.134. The van der Waals surface area contributed by atoms with Crippen molar-refractivity contribution in [2.24, 2.45) is 5.41 Å². The molecule has 164 valence electrons. The molecule has 1 saturated heterocycles. The Labute approximate surface area is 192 Å². The molecule has 2 aromatic carbocycles. The van der Waals surface area contributed by atoms with Crippen molar-refractivity contribution in [3.05, 3.63) is 69.0 Å². The van der Waals surface area contributed by atoms with E-state index in [0.29, 0.717) is 22.6 Å². The molecule has 31 heavy (non-hydrogen) atoms. The summed E-state index contributed by atoms with van der Waals surface area (Å²) in [6.45, 7) is 7.79. The first-order valence-electron chi connectivity index (χ1n) is 10.0. The average molecular weight is 463 g/mol. The summed E-state index contributed by atoms with van der Waals surface area (Å²) in [6.07, 6.45) is 0.461. The Balaban J connectivity index is 2.38. The van der Waals surface area contributed by atoms with Gasteiger partial charge in [0.15, 0.2) is 0 Å². The molecule has 2 N–H and O–H groups in total. The molecule has 0 unspecified atom stereocenters. The van der Waals surface area contributed by atoms with E-state index < -0.39 is 35.2 Å². The van der Waals surface area contributed by atoms with Crippen molar-refractivity contribution >= 4 is 29.2 Å². The second-order valence-electron chi connectivity index (χ2n) is 9.34. The molecule has 1 heterocycles. The molecule has 4 nitrogen and oxygen atoms in total. The Morgan fingerprint density at radius 3 is 2.52 bits per heavy atom. The number of nitriles is 1. The lowest BCUT2D eigenvalue weighted by atomic mass is 9.62. The number of hydrogen-bond donors (Lipinski definition) is 2. The van der Waals surface area contributed by atoms with Gasteiger partial charge in [-0.25, -0.2) is 4.39 Å². The molecule has 1 fully saturated rings. The van der Waals surface area contributed by atoms with E-state index >= 15 is 4.39 Å². The normalized spacial score (nSPS) is 25.9. The second-order valence-corrected chi connectivity index (χ2v) is 10.2. The molecule has 0 saturated carbocycles. The first-order chi connectivity index (χ1) is 14.4. The third-order valence-corrected chi connectivity index (χ3v) is 6.69. The minimum atomic E-state index is -1.49. The number of benzene rings is 2. The maximum atomic E-state index is 15.3. The van der Waals surface area contributed by atoms with Crippen LogP contribution in [0.1, 0.15) is 49.8 Å². The van der Waals surface area contributed by atoms with Crippen molar-refractivity contribution in [2.75, 3.05) is 0 Å². The average Bonchev–Trinajstić information content (AvgIpc) is 2.97. The van der Waals surface area contributed by atoms with Gasteiger partial charge in [-0.15, -0.1) is 0 Å². The smallest absolute Gasteiger partial charge is 0.321 e. The monoisotopic (exact) mass is 462 g/mol. The molecule has 0 aromatic heterocycles. The number of carbonyl (C=O) groups is 1. The summed E-state index contributed by atoms with van der Waals surface area (Å²) >= 11 is 12.3. The Morgan fingerprint density at radius 2 is 1.97 bits per heavy atom. The van der Waals surface area contributed by atoms with E-state index in [4.69, 9.17) is 23.2 Å². The highest BCUT2D eigenvalue weighted by Crippen LogP contribution is 2.52. The molecular weight excluding hydrogens is 438 g/mol. The van der Waals surface area contributed by atoms with E-state index in [0.717, 1.165) is 0 Å². The molecule has 2 aromatic rings. The number of nitrogens with zero attached hydrogens (tertiary/aromatic N) is 1. The van der Waals surface area contributed by atoms with Gasteiger partial charge in [-0.05, 0) is 48.1 Å². The van der Waals surface area contributed by atoms with Crippen LogP contribution in [0.3, 0.4) is 0 Å². The van der Waals surface area contributed by atoms with Crippen LogP contribution in [0.2, 0.25) is 10.0 Å². The third-order valence-electron chi connectivity index (χ3n) is 6.04. The minimum Gasteiger partial charge on any atom is -0.480 e. The summed E-state index contributed by atoms with van der Waals surface area (Å²) < 4.78 is 15.3. The van der Waals surface area contributed by atoms with Crippen LogP contribution >= 0.6 is 23.2 Å². The maximum absolute atomic E-state index is 15.3. The number of nitrogens with one attached hydrogen (secondary N) is 1. The molecule has 0 bridgehead atoms. The predicted molar refractivity (Wildman–Crippen MR) is 120 cm³/mol. The highest BCUT2D eigenvalue weighted by atomic mass is 35.5. The van der Waals surface area contributed by atoms with Gasteiger partial charge in [0, 0.05) is 27.6 Å². The van der Waals surface area contributed by atoms with Gasteiger partial charge in [-0.1, -0.05) is 62.2 Å². The lowest BCUT2D eigenvalue weighted by Gasteiger charge is -2.37. The summed E-state index contributed by atoms with van der Waals surface area (Å²) in [5, 5.41) is 24.5. The van der Waals surface area contributed by atoms with Crippen LogP contribution in [-0.2, 0) is 10.2 Å². The fourth-order valence-electron chi connectivity index (χ4n) is 4.74. The highest BCUT2D eigenvalue weighted by molar-refractivity contribution is 6.31. The topological polar surface area (TPSA) is 73.1 Å². The van der Waals surface area contributed by atoms with E-state index in [-0.39, 0.29) is 16.0 Å². The van der Waals surface area contributed by atoms with Crippen LogP contribution in [0.5, 0.6) is 0 Å². The van der Waals surface area contributed by atoms with Gasteiger partial charge in [0.2, 0.25) is 0 Å². The first-order valence-corrected chi connectivity index (χ1v) is 10.8. The number of rotatable bonds is 4. The van der Waals surface area contributed by atoms with Gasteiger partial charge >= 0.3 is 5.97 Å². The summed E-state index contributed by atoms with van der Waals surface area (Å²) in [5.74, 6) is -2.60. The lowest BCUT2D eigenvalue weighted by Crippen LogP contribution is -2.44.